The van der Waals surface area contributed by atoms with Crippen molar-refractivity contribution in [1.82, 2.24) is 20.2 Å². The van der Waals surface area contributed by atoms with Crippen molar-refractivity contribution in [3.8, 4) is 0 Å². The molecule has 1 aromatic heterocycles. The Hall–Kier alpha value is -3.45. The predicted molar refractivity (Wildman–Crippen MR) is 131 cm³/mol. The van der Waals surface area contributed by atoms with Gasteiger partial charge in [0.1, 0.15) is 0 Å². The van der Waals surface area contributed by atoms with Gasteiger partial charge in [0.25, 0.3) is 0 Å². The molecule has 0 saturated carbocycles. The van der Waals surface area contributed by atoms with Crippen LogP contribution < -0.4 is 15.5 Å². The molecule has 0 bridgehead atoms. The van der Waals surface area contributed by atoms with Crippen molar-refractivity contribution in [2.75, 3.05) is 49.5 Å². The van der Waals surface area contributed by atoms with Crippen LogP contribution in [0.25, 0.3) is 0 Å². The third-order valence-corrected chi connectivity index (χ3v) is 5.50. The Balaban J connectivity index is 1.29. The molecule has 1 saturated heterocycles. The number of piperazine rings is 1. The molecule has 7 nitrogen and oxygen atoms in total. The van der Waals surface area contributed by atoms with E-state index in [1.807, 2.05) is 36.4 Å². The molecule has 0 unspecified atom stereocenters. The molecule has 4 rings (SSSR count). The molecule has 32 heavy (non-hydrogen) atoms. The van der Waals surface area contributed by atoms with Crippen LogP contribution in [-0.4, -0.2) is 60.1 Å². The summed E-state index contributed by atoms with van der Waals surface area (Å²) in [6.45, 7) is 8.42. The molecule has 2 aromatic carbocycles. The van der Waals surface area contributed by atoms with Crippen LogP contribution in [-0.2, 0) is 6.54 Å². The van der Waals surface area contributed by atoms with Crippen LogP contribution in [0.1, 0.15) is 11.1 Å². The van der Waals surface area contributed by atoms with E-state index in [9.17, 15) is 0 Å². The summed E-state index contributed by atoms with van der Waals surface area (Å²) in [5.74, 6) is 1.62. The van der Waals surface area contributed by atoms with Crippen LogP contribution in [0, 0.1) is 6.92 Å². The van der Waals surface area contributed by atoms with E-state index in [4.69, 9.17) is 4.99 Å². The van der Waals surface area contributed by atoms with Gasteiger partial charge in [-0.25, -0.2) is 15.0 Å². The number of aryl methyl sites for hydroxylation is 1. The van der Waals surface area contributed by atoms with Gasteiger partial charge in [-0.1, -0.05) is 48.0 Å². The van der Waals surface area contributed by atoms with Crippen LogP contribution in [0.5, 0.6) is 0 Å². The molecule has 2 N–H and O–H groups in total. The number of hydrogen-bond donors (Lipinski definition) is 2. The second kappa shape index (κ2) is 11.2. The highest BCUT2D eigenvalue weighted by Crippen LogP contribution is 2.10. The monoisotopic (exact) mass is 429 g/mol. The highest BCUT2D eigenvalue weighted by Gasteiger charge is 2.18. The number of guanidine groups is 1. The first-order valence-electron chi connectivity index (χ1n) is 11.2. The number of aromatic nitrogens is 2. The van der Waals surface area contributed by atoms with Gasteiger partial charge in [0.05, 0.1) is 6.54 Å². The number of aliphatic imine (C=N–C) groups is 1. The lowest BCUT2D eigenvalue weighted by Gasteiger charge is -2.34. The van der Waals surface area contributed by atoms with Gasteiger partial charge in [0, 0.05) is 57.3 Å². The van der Waals surface area contributed by atoms with Crippen molar-refractivity contribution in [3.05, 3.63) is 84.2 Å². The number of benzene rings is 2. The highest BCUT2D eigenvalue weighted by atomic mass is 15.3. The predicted octanol–water partition coefficient (Wildman–Crippen LogP) is 3.16. The quantitative estimate of drug-likeness (QED) is 0.444. The minimum atomic E-state index is 0.637. The SMILES string of the molecule is Cc1ccc(CN=C(NCCN2CCN(c3ncccn3)CC2)Nc2ccccc2)cc1. The maximum atomic E-state index is 4.80. The van der Waals surface area contributed by atoms with E-state index < -0.39 is 0 Å². The third-order valence-electron chi connectivity index (χ3n) is 5.50. The number of para-hydroxylation sites is 1. The number of nitrogens with one attached hydrogen (secondary N) is 2. The summed E-state index contributed by atoms with van der Waals surface area (Å²) in [5.41, 5.74) is 3.49. The highest BCUT2D eigenvalue weighted by molar-refractivity contribution is 5.93. The van der Waals surface area contributed by atoms with Gasteiger partial charge in [-0.3, -0.25) is 4.90 Å². The smallest absolute Gasteiger partial charge is 0.225 e. The second-order valence-electron chi connectivity index (χ2n) is 7.95. The van der Waals surface area contributed by atoms with Gasteiger partial charge in [-0.2, -0.15) is 0 Å². The van der Waals surface area contributed by atoms with Crippen LogP contribution >= 0.6 is 0 Å². The molecular formula is C25H31N7. The van der Waals surface area contributed by atoms with Crippen molar-refractivity contribution in [2.45, 2.75) is 13.5 Å². The summed E-state index contributed by atoms with van der Waals surface area (Å²) < 4.78 is 0. The van der Waals surface area contributed by atoms with Crippen LogP contribution in [0.2, 0.25) is 0 Å². The number of nitrogens with zero attached hydrogens (tertiary/aromatic N) is 5. The zero-order chi connectivity index (χ0) is 22.0. The van der Waals surface area contributed by atoms with Crippen LogP contribution in [0.15, 0.2) is 78.0 Å². The fourth-order valence-corrected chi connectivity index (χ4v) is 3.62. The standard InChI is InChI=1S/C25H31N7/c1-21-8-10-22(11-9-21)20-29-24(30-23-6-3-2-4-7-23)26-14-15-31-16-18-32(19-17-31)25-27-12-5-13-28-25/h2-13H,14-20H2,1H3,(H2,26,29,30). The molecule has 1 aliphatic rings. The first-order valence-corrected chi connectivity index (χ1v) is 11.2. The molecule has 0 amide bonds. The molecule has 0 aliphatic carbocycles. The maximum Gasteiger partial charge on any atom is 0.225 e. The van der Waals surface area contributed by atoms with Crippen molar-refractivity contribution in [2.24, 2.45) is 4.99 Å². The van der Waals surface area contributed by atoms with E-state index in [1.165, 1.54) is 11.1 Å². The van der Waals surface area contributed by atoms with Gasteiger partial charge in [0.2, 0.25) is 5.95 Å². The molecule has 0 radical (unpaired) electrons. The summed E-state index contributed by atoms with van der Waals surface area (Å²) in [5, 5.41) is 6.92. The molecule has 1 fully saturated rings. The van der Waals surface area contributed by atoms with Crippen molar-refractivity contribution in [1.29, 1.82) is 0 Å². The average molecular weight is 430 g/mol. The zero-order valence-corrected chi connectivity index (χ0v) is 18.6. The van der Waals surface area contributed by atoms with E-state index in [0.717, 1.165) is 56.9 Å². The molecular weight excluding hydrogens is 398 g/mol. The van der Waals surface area contributed by atoms with E-state index >= 15 is 0 Å². The van der Waals surface area contributed by atoms with Crippen LogP contribution in [0.4, 0.5) is 11.6 Å². The Kier molecular flexibility index (Phi) is 7.65. The van der Waals surface area contributed by atoms with Gasteiger partial charge in [0.15, 0.2) is 5.96 Å². The van der Waals surface area contributed by atoms with E-state index in [1.54, 1.807) is 12.4 Å². The van der Waals surface area contributed by atoms with Gasteiger partial charge in [-0.05, 0) is 30.7 Å². The molecule has 1 aliphatic heterocycles. The number of rotatable bonds is 7. The summed E-state index contributed by atoms with van der Waals surface area (Å²) in [6.07, 6.45) is 3.60. The van der Waals surface area contributed by atoms with Crippen molar-refractivity contribution >= 4 is 17.6 Å². The minimum Gasteiger partial charge on any atom is -0.355 e. The summed E-state index contributed by atoms with van der Waals surface area (Å²) in [6, 6.07) is 20.5. The van der Waals surface area contributed by atoms with E-state index in [2.05, 4.69) is 61.6 Å². The molecule has 166 valence electrons. The van der Waals surface area contributed by atoms with E-state index in [-0.39, 0.29) is 0 Å². The number of anilines is 2. The summed E-state index contributed by atoms with van der Waals surface area (Å²) >= 11 is 0. The van der Waals surface area contributed by atoms with Gasteiger partial charge >= 0.3 is 0 Å². The van der Waals surface area contributed by atoms with Gasteiger partial charge in [-0.15, -0.1) is 0 Å². The average Bonchev–Trinajstić information content (AvgIpc) is 2.85. The largest absolute Gasteiger partial charge is 0.355 e. The fraction of sp³-hybridized carbons (Fsp3) is 0.320. The van der Waals surface area contributed by atoms with Gasteiger partial charge < -0.3 is 15.5 Å². The first kappa shape index (κ1) is 21.8. The van der Waals surface area contributed by atoms with E-state index in [0.29, 0.717) is 6.54 Å². The summed E-state index contributed by atoms with van der Waals surface area (Å²) in [7, 11) is 0. The fourth-order valence-electron chi connectivity index (χ4n) is 3.62. The molecule has 0 atom stereocenters. The maximum absolute atomic E-state index is 4.80. The lowest BCUT2D eigenvalue weighted by Crippen LogP contribution is -2.49. The molecule has 0 spiro atoms. The summed E-state index contributed by atoms with van der Waals surface area (Å²) in [4.78, 5) is 18.2. The Morgan fingerprint density at radius 1 is 0.906 bits per heavy atom. The van der Waals surface area contributed by atoms with Crippen molar-refractivity contribution < 1.29 is 0 Å². The third kappa shape index (κ3) is 6.52. The molecule has 7 heteroatoms. The zero-order valence-electron chi connectivity index (χ0n) is 18.6. The molecule has 2 heterocycles. The Bertz CT molecular complexity index is 966. The minimum absolute atomic E-state index is 0.637. The normalized spacial score (nSPS) is 14.9. The first-order chi connectivity index (χ1) is 15.8. The van der Waals surface area contributed by atoms with Crippen LogP contribution in [0.3, 0.4) is 0 Å². The Morgan fingerprint density at radius 3 is 2.34 bits per heavy atom. The molecule has 3 aromatic rings. The number of hydrogen-bond acceptors (Lipinski definition) is 5. The Labute approximate surface area is 190 Å². The van der Waals surface area contributed by atoms with Crippen molar-refractivity contribution in [3.63, 3.8) is 0 Å². The second-order valence-corrected chi connectivity index (χ2v) is 7.95. The Morgan fingerprint density at radius 2 is 1.62 bits per heavy atom. The lowest BCUT2D eigenvalue weighted by atomic mass is 10.1. The topological polar surface area (TPSA) is 68.7 Å². The lowest BCUT2D eigenvalue weighted by molar-refractivity contribution is 0.260.